The van der Waals surface area contributed by atoms with Crippen LogP contribution in [0.1, 0.15) is 42.6 Å². The number of aromatic nitrogens is 2. The molecule has 1 aliphatic rings. The van der Waals surface area contributed by atoms with Crippen LogP contribution in [-0.4, -0.2) is 22.9 Å². The summed E-state index contributed by atoms with van der Waals surface area (Å²) in [5.41, 5.74) is 11.3. The minimum atomic E-state index is -0.156. The van der Waals surface area contributed by atoms with E-state index >= 15 is 0 Å². The van der Waals surface area contributed by atoms with Crippen LogP contribution < -0.4 is 5.73 Å². The third kappa shape index (κ3) is 3.50. The molecule has 24 heavy (non-hydrogen) atoms. The van der Waals surface area contributed by atoms with Crippen LogP contribution in [-0.2, 0) is 22.4 Å². The van der Waals surface area contributed by atoms with Crippen molar-refractivity contribution in [1.29, 1.82) is 0 Å². The first-order valence-electron chi connectivity index (χ1n) is 8.39. The van der Waals surface area contributed by atoms with Gasteiger partial charge in [0.1, 0.15) is 0 Å². The second-order valence-corrected chi connectivity index (χ2v) is 6.04. The van der Waals surface area contributed by atoms with E-state index in [4.69, 9.17) is 10.8 Å². The maximum atomic E-state index is 11.1. The fourth-order valence-corrected chi connectivity index (χ4v) is 3.09. The van der Waals surface area contributed by atoms with Crippen LogP contribution >= 0.6 is 0 Å². The van der Waals surface area contributed by atoms with E-state index in [0.717, 1.165) is 42.8 Å². The summed E-state index contributed by atoms with van der Waals surface area (Å²) in [5, 5.41) is 4.78. The molecule has 0 fully saturated rings. The molecule has 2 aromatic rings. The van der Waals surface area contributed by atoms with E-state index in [0.29, 0.717) is 6.42 Å². The van der Waals surface area contributed by atoms with Crippen molar-refractivity contribution in [3.05, 3.63) is 47.3 Å². The van der Waals surface area contributed by atoms with Crippen LogP contribution in [0.4, 0.5) is 5.69 Å². The van der Waals surface area contributed by atoms with Gasteiger partial charge in [-0.05, 0) is 62.4 Å². The summed E-state index contributed by atoms with van der Waals surface area (Å²) >= 11 is 0. The smallest absolute Gasteiger partial charge is 0.305 e. The molecule has 0 atom stereocenters. The average molecular weight is 325 g/mol. The molecule has 3 rings (SSSR count). The highest BCUT2D eigenvalue weighted by atomic mass is 16.5. The van der Waals surface area contributed by atoms with E-state index in [1.807, 2.05) is 28.9 Å². The fraction of sp³-hybridized carbons (Fsp3) is 0.368. The predicted octanol–water partition coefficient (Wildman–Crippen LogP) is 3.30. The minimum absolute atomic E-state index is 0.156. The minimum Gasteiger partial charge on any atom is -0.469 e. The molecule has 5 nitrogen and oxygen atoms in total. The Morgan fingerprint density at radius 2 is 2.12 bits per heavy atom. The SMILES string of the molecule is COC(=O)CCC/C=C/c1nn(-c2ccc(N)cc2)c2c1CCC2. The first kappa shape index (κ1) is 16.3. The number of hydrogen-bond donors (Lipinski definition) is 1. The lowest BCUT2D eigenvalue weighted by atomic mass is 10.1. The number of carbonyl (C=O) groups is 1. The Bertz CT molecular complexity index is 745. The van der Waals surface area contributed by atoms with Crippen molar-refractivity contribution in [3.63, 3.8) is 0 Å². The van der Waals surface area contributed by atoms with Gasteiger partial charge in [-0.3, -0.25) is 4.79 Å². The number of fused-ring (bicyclic) bond motifs is 1. The number of allylic oxidation sites excluding steroid dienone is 1. The average Bonchev–Trinajstić information content (AvgIpc) is 3.18. The van der Waals surface area contributed by atoms with Crippen LogP contribution in [0, 0.1) is 0 Å². The van der Waals surface area contributed by atoms with Crippen molar-refractivity contribution in [2.24, 2.45) is 0 Å². The fourth-order valence-electron chi connectivity index (χ4n) is 3.09. The summed E-state index contributed by atoms with van der Waals surface area (Å²) in [4.78, 5) is 11.1. The highest BCUT2D eigenvalue weighted by Gasteiger charge is 2.21. The zero-order chi connectivity index (χ0) is 16.9. The van der Waals surface area contributed by atoms with Crippen molar-refractivity contribution < 1.29 is 9.53 Å². The quantitative estimate of drug-likeness (QED) is 0.502. The van der Waals surface area contributed by atoms with Gasteiger partial charge in [-0.25, -0.2) is 4.68 Å². The summed E-state index contributed by atoms with van der Waals surface area (Å²) in [6.45, 7) is 0. The maximum absolute atomic E-state index is 11.1. The number of ether oxygens (including phenoxy) is 1. The lowest BCUT2D eigenvalue weighted by Gasteiger charge is -2.05. The number of esters is 1. The lowest BCUT2D eigenvalue weighted by molar-refractivity contribution is -0.140. The zero-order valence-electron chi connectivity index (χ0n) is 14.0. The Kier molecular flexibility index (Phi) is 4.99. The van der Waals surface area contributed by atoms with Gasteiger partial charge in [0, 0.05) is 23.4 Å². The Hall–Kier alpha value is -2.56. The van der Waals surface area contributed by atoms with Crippen LogP contribution in [0.15, 0.2) is 30.3 Å². The van der Waals surface area contributed by atoms with Crippen molar-refractivity contribution in [3.8, 4) is 5.69 Å². The molecule has 1 aromatic carbocycles. The number of nitrogens with two attached hydrogens (primary N) is 1. The summed E-state index contributed by atoms with van der Waals surface area (Å²) in [6, 6.07) is 7.82. The van der Waals surface area contributed by atoms with Crippen LogP contribution in [0.25, 0.3) is 11.8 Å². The molecule has 1 aromatic heterocycles. The topological polar surface area (TPSA) is 70.1 Å². The van der Waals surface area contributed by atoms with Gasteiger partial charge in [0.2, 0.25) is 0 Å². The lowest BCUT2D eigenvalue weighted by Crippen LogP contribution is -2.01. The highest BCUT2D eigenvalue weighted by Crippen LogP contribution is 2.28. The van der Waals surface area contributed by atoms with Crippen LogP contribution in [0.5, 0.6) is 0 Å². The van der Waals surface area contributed by atoms with Crippen molar-refractivity contribution >= 4 is 17.7 Å². The third-order valence-electron chi connectivity index (χ3n) is 4.35. The molecule has 2 N–H and O–H groups in total. The molecule has 1 aliphatic carbocycles. The molecule has 0 unspecified atom stereocenters. The molecular weight excluding hydrogens is 302 g/mol. The van der Waals surface area contributed by atoms with Crippen molar-refractivity contribution in [2.75, 3.05) is 12.8 Å². The Morgan fingerprint density at radius 1 is 1.33 bits per heavy atom. The number of rotatable bonds is 6. The summed E-state index contributed by atoms with van der Waals surface area (Å²) in [6.07, 6.45) is 9.58. The normalized spacial score (nSPS) is 13.4. The maximum Gasteiger partial charge on any atom is 0.305 e. The summed E-state index contributed by atoms with van der Waals surface area (Å²) in [5.74, 6) is -0.156. The second kappa shape index (κ2) is 7.34. The van der Waals surface area contributed by atoms with E-state index in [2.05, 4.69) is 16.9 Å². The predicted molar refractivity (Wildman–Crippen MR) is 94.9 cm³/mol. The van der Waals surface area contributed by atoms with E-state index in [1.54, 1.807) is 0 Å². The van der Waals surface area contributed by atoms with Gasteiger partial charge in [-0.15, -0.1) is 0 Å². The third-order valence-corrected chi connectivity index (χ3v) is 4.35. The van der Waals surface area contributed by atoms with Gasteiger partial charge in [0.15, 0.2) is 0 Å². The molecular formula is C19H23N3O2. The standard InChI is InChI=1S/C19H23N3O2/c1-24-19(23)9-4-2-3-7-17-16-6-5-8-18(16)22(21-17)15-12-10-14(20)11-13-15/h3,7,10-13H,2,4-6,8-9,20H2,1H3/b7-3+. The summed E-state index contributed by atoms with van der Waals surface area (Å²) < 4.78 is 6.69. The molecule has 0 saturated heterocycles. The zero-order valence-corrected chi connectivity index (χ0v) is 14.0. The molecule has 0 aliphatic heterocycles. The van der Waals surface area contributed by atoms with Crippen molar-refractivity contribution in [1.82, 2.24) is 9.78 Å². The second-order valence-electron chi connectivity index (χ2n) is 6.04. The van der Waals surface area contributed by atoms with Gasteiger partial charge in [0.25, 0.3) is 0 Å². The van der Waals surface area contributed by atoms with Crippen LogP contribution in [0.2, 0.25) is 0 Å². The van der Waals surface area contributed by atoms with Gasteiger partial charge in [-0.2, -0.15) is 5.10 Å². The van der Waals surface area contributed by atoms with E-state index in [9.17, 15) is 4.79 Å². The number of benzene rings is 1. The molecule has 0 radical (unpaired) electrons. The number of anilines is 1. The molecule has 0 amide bonds. The highest BCUT2D eigenvalue weighted by molar-refractivity contribution is 5.69. The first-order valence-corrected chi connectivity index (χ1v) is 8.39. The van der Waals surface area contributed by atoms with Crippen molar-refractivity contribution in [2.45, 2.75) is 38.5 Å². The van der Waals surface area contributed by atoms with E-state index < -0.39 is 0 Å². The van der Waals surface area contributed by atoms with Gasteiger partial charge in [-0.1, -0.05) is 6.08 Å². The van der Waals surface area contributed by atoms with Crippen LogP contribution in [0.3, 0.4) is 0 Å². The number of nitrogens with zero attached hydrogens (tertiary/aromatic N) is 2. The summed E-state index contributed by atoms with van der Waals surface area (Å²) in [7, 11) is 1.42. The monoisotopic (exact) mass is 325 g/mol. The van der Waals surface area contributed by atoms with Gasteiger partial charge in [0.05, 0.1) is 18.5 Å². The Morgan fingerprint density at radius 3 is 2.88 bits per heavy atom. The number of unbranched alkanes of at least 4 members (excludes halogenated alkanes) is 1. The molecule has 0 saturated carbocycles. The first-order chi connectivity index (χ1) is 11.7. The Balaban J connectivity index is 1.74. The molecule has 0 spiro atoms. The van der Waals surface area contributed by atoms with E-state index in [1.165, 1.54) is 24.8 Å². The largest absolute Gasteiger partial charge is 0.469 e. The van der Waals surface area contributed by atoms with Gasteiger partial charge < -0.3 is 10.5 Å². The van der Waals surface area contributed by atoms with Gasteiger partial charge >= 0.3 is 5.97 Å². The number of carbonyl (C=O) groups excluding carboxylic acids is 1. The number of nitrogen functional groups attached to an aromatic ring is 1. The molecule has 0 bridgehead atoms. The number of hydrogen-bond acceptors (Lipinski definition) is 4. The number of methoxy groups -OCH3 is 1. The molecule has 5 heteroatoms. The van der Waals surface area contributed by atoms with E-state index in [-0.39, 0.29) is 5.97 Å². The molecule has 1 heterocycles. The Labute approximate surface area is 142 Å². The molecule has 126 valence electrons.